The van der Waals surface area contributed by atoms with Gasteiger partial charge >= 0.3 is 5.97 Å². The maximum Gasteiger partial charge on any atom is 0.319 e. The summed E-state index contributed by atoms with van der Waals surface area (Å²) in [5.41, 5.74) is -1.21. The molecule has 1 aromatic rings. The van der Waals surface area contributed by atoms with Gasteiger partial charge in [0.25, 0.3) is 0 Å². The van der Waals surface area contributed by atoms with Gasteiger partial charge in [-0.2, -0.15) is 0 Å². The van der Waals surface area contributed by atoms with Crippen molar-refractivity contribution in [3.8, 4) is 0 Å². The van der Waals surface area contributed by atoms with Gasteiger partial charge < -0.3 is 10.4 Å². The Morgan fingerprint density at radius 1 is 1.60 bits per heavy atom. The van der Waals surface area contributed by atoms with Gasteiger partial charge in [0.15, 0.2) is 5.13 Å². The number of thiazole rings is 1. The predicted octanol–water partition coefficient (Wildman–Crippen LogP) is 1.71. The Balaban J connectivity index is 2.08. The van der Waals surface area contributed by atoms with Crippen LogP contribution in [-0.4, -0.2) is 22.0 Å². The average Bonchev–Trinajstić information content (AvgIpc) is 2.88. The van der Waals surface area contributed by atoms with Gasteiger partial charge in [-0.3, -0.25) is 9.59 Å². The van der Waals surface area contributed by atoms with E-state index in [0.29, 0.717) is 18.0 Å². The number of hydrogen-bond donors (Lipinski definition) is 2. The van der Waals surface area contributed by atoms with E-state index in [2.05, 4.69) is 26.2 Å². The number of carbonyl (C=O) groups is 2. The number of nitrogens with one attached hydrogen (secondary N) is 1. The molecule has 2 N–H and O–H groups in total. The van der Waals surface area contributed by atoms with Crippen molar-refractivity contribution in [3.05, 3.63) is 9.98 Å². The number of aliphatic carboxylic acids is 1. The van der Waals surface area contributed by atoms with Crippen LogP contribution >= 0.6 is 27.3 Å². The van der Waals surface area contributed by atoms with Crippen molar-refractivity contribution in [1.29, 1.82) is 0 Å². The highest BCUT2D eigenvalue weighted by Crippen LogP contribution is 2.46. The third-order valence-corrected chi connectivity index (χ3v) is 3.68. The zero-order valence-corrected chi connectivity index (χ0v) is 9.89. The van der Waals surface area contributed by atoms with E-state index in [-0.39, 0.29) is 0 Å². The second-order valence-electron chi connectivity index (χ2n) is 3.31. The van der Waals surface area contributed by atoms with Crippen LogP contribution < -0.4 is 5.32 Å². The molecule has 5 nitrogen and oxygen atoms in total. The fraction of sp³-hybridized carbons (Fsp3) is 0.375. The zero-order valence-electron chi connectivity index (χ0n) is 7.49. The molecule has 0 radical (unpaired) electrons. The first-order valence-electron chi connectivity index (χ1n) is 4.21. The van der Waals surface area contributed by atoms with Gasteiger partial charge in [-0.05, 0) is 28.8 Å². The Hall–Kier alpha value is -0.950. The lowest BCUT2D eigenvalue weighted by Crippen LogP contribution is -2.31. The van der Waals surface area contributed by atoms with Crippen LogP contribution in [0.1, 0.15) is 12.8 Å². The van der Waals surface area contributed by atoms with E-state index in [9.17, 15) is 9.59 Å². The molecule has 1 amide bonds. The van der Waals surface area contributed by atoms with E-state index in [1.54, 1.807) is 6.20 Å². The lowest BCUT2D eigenvalue weighted by molar-refractivity contribution is -0.147. The molecule has 7 heteroatoms. The van der Waals surface area contributed by atoms with Gasteiger partial charge in [0.05, 0.1) is 9.98 Å². The van der Waals surface area contributed by atoms with E-state index in [0.717, 1.165) is 3.79 Å². The summed E-state index contributed by atoms with van der Waals surface area (Å²) in [6.45, 7) is 0. The van der Waals surface area contributed by atoms with Gasteiger partial charge in [-0.1, -0.05) is 11.3 Å². The third-order valence-electron chi connectivity index (χ3n) is 2.29. The molecule has 0 bridgehead atoms. The van der Waals surface area contributed by atoms with Crippen molar-refractivity contribution in [2.75, 3.05) is 5.32 Å². The highest BCUT2D eigenvalue weighted by Gasteiger charge is 2.57. The minimum absolute atomic E-state index is 0.403. The molecular weight excluding hydrogens is 284 g/mol. The maximum atomic E-state index is 11.6. The molecule has 2 rings (SSSR count). The summed E-state index contributed by atoms with van der Waals surface area (Å²) in [6.07, 6.45) is 2.36. The summed E-state index contributed by atoms with van der Waals surface area (Å²) in [5.74, 6) is -1.53. The molecule has 1 aliphatic rings. The number of rotatable bonds is 3. The molecule has 1 heterocycles. The number of anilines is 1. The maximum absolute atomic E-state index is 11.6. The van der Waals surface area contributed by atoms with Crippen LogP contribution in [0.2, 0.25) is 0 Å². The molecule has 1 saturated carbocycles. The average molecular weight is 291 g/mol. The van der Waals surface area contributed by atoms with Crippen LogP contribution in [-0.2, 0) is 9.59 Å². The molecule has 0 aliphatic heterocycles. The molecule has 0 atom stereocenters. The van der Waals surface area contributed by atoms with Crippen molar-refractivity contribution in [2.45, 2.75) is 12.8 Å². The summed E-state index contributed by atoms with van der Waals surface area (Å²) in [4.78, 5) is 26.3. The van der Waals surface area contributed by atoms with Gasteiger partial charge in [-0.25, -0.2) is 4.98 Å². The van der Waals surface area contributed by atoms with Gasteiger partial charge in [-0.15, -0.1) is 0 Å². The molecule has 0 unspecified atom stereocenters. The first kappa shape index (κ1) is 10.6. The Kier molecular flexibility index (Phi) is 2.51. The number of nitrogens with zero attached hydrogens (tertiary/aromatic N) is 1. The number of aromatic nitrogens is 1. The zero-order chi connectivity index (χ0) is 11.1. The molecule has 1 aliphatic carbocycles. The minimum Gasteiger partial charge on any atom is -0.480 e. The molecule has 0 saturated heterocycles. The Bertz CT molecular complexity index is 427. The van der Waals surface area contributed by atoms with Crippen LogP contribution in [0.3, 0.4) is 0 Å². The highest BCUT2D eigenvalue weighted by molar-refractivity contribution is 9.11. The fourth-order valence-electron chi connectivity index (χ4n) is 1.19. The summed E-state index contributed by atoms with van der Waals surface area (Å²) in [7, 11) is 0. The Labute approximate surface area is 97.6 Å². The number of carbonyl (C=O) groups excluding carboxylic acids is 1. The number of carboxylic acids is 1. The number of amides is 1. The standard InChI is InChI=1S/C8H7BrN2O3S/c9-4-3-10-7(15-4)11-5(12)8(1-2-8)6(13)14/h3H,1-2H2,(H,13,14)(H,10,11,12). The summed E-state index contributed by atoms with van der Waals surface area (Å²) < 4.78 is 0.790. The summed E-state index contributed by atoms with van der Waals surface area (Å²) >= 11 is 4.46. The van der Waals surface area contributed by atoms with Crippen LogP contribution in [0, 0.1) is 5.41 Å². The second kappa shape index (κ2) is 3.57. The first-order chi connectivity index (χ1) is 7.04. The van der Waals surface area contributed by atoms with Crippen LogP contribution in [0.4, 0.5) is 5.13 Å². The van der Waals surface area contributed by atoms with Crippen LogP contribution in [0.5, 0.6) is 0 Å². The van der Waals surface area contributed by atoms with E-state index < -0.39 is 17.3 Å². The molecule has 0 spiro atoms. The summed E-state index contributed by atoms with van der Waals surface area (Å²) in [5, 5.41) is 11.8. The third kappa shape index (κ3) is 1.89. The SMILES string of the molecule is O=C(O)C1(C(=O)Nc2ncc(Br)s2)CC1. The topological polar surface area (TPSA) is 79.3 Å². The second-order valence-corrected chi connectivity index (χ2v) is 5.72. The monoisotopic (exact) mass is 290 g/mol. The fourth-order valence-corrected chi connectivity index (χ4v) is 2.29. The number of carboxylic acid groups (broad SMARTS) is 1. The van der Waals surface area contributed by atoms with Crippen molar-refractivity contribution < 1.29 is 14.7 Å². The Morgan fingerprint density at radius 2 is 2.27 bits per heavy atom. The van der Waals surface area contributed by atoms with E-state index in [4.69, 9.17) is 5.11 Å². The number of hydrogen-bond acceptors (Lipinski definition) is 4. The van der Waals surface area contributed by atoms with Crippen molar-refractivity contribution in [2.24, 2.45) is 5.41 Å². The van der Waals surface area contributed by atoms with Crippen LogP contribution in [0.15, 0.2) is 9.98 Å². The van der Waals surface area contributed by atoms with E-state index >= 15 is 0 Å². The first-order valence-corrected chi connectivity index (χ1v) is 5.82. The lowest BCUT2D eigenvalue weighted by atomic mass is 10.1. The quantitative estimate of drug-likeness (QED) is 0.831. The molecular formula is C8H7BrN2O3S. The summed E-state index contributed by atoms with van der Waals surface area (Å²) in [6, 6.07) is 0. The van der Waals surface area contributed by atoms with Crippen molar-refractivity contribution in [1.82, 2.24) is 4.98 Å². The molecule has 1 aromatic heterocycles. The van der Waals surface area contributed by atoms with E-state index in [1.165, 1.54) is 11.3 Å². The van der Waals surface area contributed by atoms with E-state index in [1.807, 2.05) is 0 Å². The lowest BCUT2D eigenvalue weighted by Gasteiger charge is -2.07. The van der Waals surface area contributed by atoms with Gasteiger partial charge in [0.1, 0.15) is 5.41 Å². The Morgan fingerprint density at radius 3 is 2.67 bits per heavy atom. The molecule has 0 aromatic carbocycles. The predicted molar refractivity (Wildman–Crippen MR) is 57.7 cm³/mol. The molecule has 1 fully saturated rings. The van der Waals surface area contributed by atoms with Crippen LogP contribution in [0.25, 0.3) is 0 Å². The minimum atomic E-state index is -1.21. The largest absolute Gasteiger partial charge is 0.480 e. The smallest absolute Gasteiger partial charge is 0.319 e. The van der Waals surface area contributed by atoms with Gasteiger partial charge in [0, 0.05) is 0 Å². The van der Waals surface area contributed by atoms with Crippen molar-refractivity contribution >= 4 is 44.3 Å². The normalized spacial score (nSPS) is 17.1. The number of halogens is 1. The highest BCUT2D eigenvalue weighted by atomic mass is 79.9. The van der Waals surface area contributed by atoms with Crippen molar-refractivity contribution in [3.63, 3.8) is 0 Å². The van der Waals surface area contributed by atoms with Gasteiger partial charge in [0.2, 0.25) is 5.91 Å². The molecule has 15 heavy (non-hydrogen) atoms. The molecule has 80 valence electrons.